The zero-order valence-corrected chi connectivity index (χ0v) is 15.5. The number of rotatable bonds is 8. The average Bonchev–Trinajstić information content (AvgIpc) is 2.58. The van der Waals surface area contributed by atoms with Gasteiger partial charge in [-0.3, -0.25) is 18.9 Å². The number of thioether (sulfide) groups is 1. The van der Waals surface area contributed by atoms with E-state index in [-0.39, 0.29) is 17.9 Å². The first kappa shape index (κ1) is 20.2. The van der Waals surface area contributed by atoms with Crippen molar-refractivity contribution in [3.8, 4) is 0 Å². The third-order valence-electron chi connectivity index (χ3n) is 3.68. The largest absolute Gasteiger partial charge is 0.468 e. The lowest BCUT2D eigenvalue weighted by molar-refractivity contribution is -0.144. The molecule has 1 aliphatic rings. The van der Waals surface area contributed by atoms with E-state index >= 15 is 0 Å². The maximum Gasteiger partial charge on any atom is 0.362 e. The quantitative estimate of drug-likeness (QED) is 0.342. The van der Waals surface area contributed by atoms with Crippen LogP contribution < -0.4 is 5.32 Å². The number of ether oxygens (including phenoxy) is 1. The highest BCUT2D eigenvalue weighted by atomic mass is 32.2. The van der Waals surface area contributed by atoms with Gasteiger partial charge in [0.15, 0.2) is 0 Å². The molecule has 26 heavy (non-hydrogen) atoms. The fraction of sp³-hybridized carbons (Fsp3) is 0.400. The highest BCUT2D eigenvalue weighted by Gasteiger charge is 2.53. The lowest BCUT2D eigenvalue weighted by Crippen LogP contribution is -2.72. The van der Waals surface area contributed by atoms with Gasteiger partial charge in [0, 0.05) is 5.75 Å². The molecule has 1 saturated heterocycles. The van der Waals surface area contributed by atoms with Crippen molar-refractivity contribution in [2.75, 3.05) is 18.6 Å². The van der Waals surface area contributed by atoms with Crippen LogP contribution >= 0.6 is 11.8 Å². The fourth-order valence-corrected chi connectivity index (χ4v) is 4.41. The number of hydrogen-bond acceptors (Lipinski definition) is 7. The van der Waals surface area contributed by atoms with Crippen LogP contribution in [0.5, 0.6) is 0 Å². The molecule has 0 saturated carbocycles. The second kappa shape index (κ2) is 8.52. The molecule has 1 fully saturated rings. The average molecular weight is 402 g/mol. The number of β-lactam (4-membered cyclic amide) rings is 1. The number of nitrogens with one attached hydrogen (secondary N) is 1. The van der Waals surface area contributed by atoms with Gasteiger partial charge >= 0.3 is 16.3 Å². The Morgan fingerprint density at radius 2 is 1.96 bits per heavy atom. The van der Waals surface area contributed by atoms with Crippen molar-refractivity contribution in [1.29, 1.82) is 0 Å². The van der Waals surface area contributed by atoms with Crippen LogP contribution in [0.25, 0.3) is 0 Å². The minimum atomic E-state index is -4.75. The van der Waals surface area contributed by atoms with Crippen LogP contribution in [0.1, 0.15) is 5.56 Å². The smallest absolute Gasteiger partial charge is 0.362 e. The van der Waals surface area contributed by atoms with Crippen molar-refractivity contribution in [3.05, 3.63) is 35.9 Å². The number of methoxy groups -OCH3 is 1. The minimum Gasteiger partial charge on any atom is -0.468 e. The molecule has 2 amide bonds. The Bertz CT molecular complexity index is 782. The standard InChI is InChI=1S/C15H18N2O7S2/c1-24-13(19)9-25-8-11-14(15(20)17(11)26(21,22)23)16-12(18)7-10-5-3-2-4-6-10/h2-6,11,14H,7-9H2,1H3,(H,16,18)(H,21,22,23)/t11-,14-/m0/s1. The fourth-order valence-electron chi connectivity index (χ4n) is 2.45. The lowest BCUT2D eigenvalue weighted by Gasteiger charge is -2.44. The highest BCUT2D eigenvalue weighted by molar-refractivity contribution is 8.00. The van der Waals surface area contributed by atoms with Gasteiger partial charge in [-0.15, -0.1) is 11.8 Å². The van der Waals surface area contributed by atoms with Crippen LogP contribution in [0, 0.1) is 0 Å². The normalized spacial score (nSPS) is 19.6. The molecule has 0 unspecified atom stereocenters. The molecule has 2 atom stereocenters. The summed E-state index contributed by atoms with van der Waals surface area (Å²) in [5.74, 6) is -1.91. The molecule has 142 valence electrons. The monoisotopic (exact) mass is 402 g/mol. The van der Waals surface area contributed by atoms with Crippen LogP contribution in [-0.4, -0.2) is 65.8 Å². The van der Waals surface area contributed by atoms with Gasteiger partial charge in [-0.1, -0.05) is 30.3 Å². The van der Waals surface area contributed by atoms with E-state index in [1.54, 1.807) is 30.3 Å². The second-order valence-electron chi connectivity index (χ2n) is 5.48. The lowest BCUT2D eigenvalue weighted by atomic mass is 10.00. The van der Waals surface area contributed by atoms with Crippen molar-refractivity contribution in [1.82, 2.24) is 9.62 Å². The van der Waals surface area contributed by atoms with Crippen LogP contribution in [0.3, 0.4) is 0 Å². The van der Waals surface area contributed by atoms with Gasteiger partial charge in [0.2, 0.25) is 5.91 Å². The van der Waals surface area contributed by atoms with E-state index < -0.39 is 40.2 Å². The Morgan fingerprint density at radius 3 is 2.54 bits per heavy atom. The molecule has 1 aromatic carbocycles. The zero-order chi connectivity index (χ0) is 19.3. The molecular weight excluding hydrogens is 384 g/mol. The molecule has 11 heteroatoms. The van der Waals surface area contributed by atoms with E-state index in [1.807, 2.05) is 0 Å². The number of carbonyl (C=O) groups is 3. The Morgan fingerprint density at radius 1 is 1.31 bits per heavy atom. The summed E-state index contributed by atoms with van der Waals surface area (Å²) >= 11 is 1.03. The molecule has 1 aromatic rings. The summed E-state index contributed by atoms with van der Waals surface area (Å²) in [6, 6.07) is 6.76. The molecule has 1 aliphatic heterocycles. The zero-order valence-electron chi connectivity index (χ0n) is 13.8. The first-order valence-corrected chi connectivity index (χ1v) is 10.1. The molecule has 9 nitrogen and oxygen atoms in total. The van der Waals surface area contributed by atoms with Crippen LogP contribution in [0.4, 0.5) is 0 Å². The van der Waals surface area contributed by atoms with Gasteiger partial charge in [-0.25, -0.2) is 4.31 Å². The summed E-state index contributed by atoms with van der Waals surface area (Å²) in [6.45, 7) is 0. The highest BCUT2D eigenvalue weighted by Crippen LogP contribution is 2.27. The van der Waals surface area contributed by atoms with Crippen LogP contribution in [0.2, 0.25) is 0 Å². The van der Waals surface area contributed by atoms with Gasteiger partial charge in [-0.2, -0.15) is 8.42 Å². The summed E-state index contributed by atoms with van der Waals surface area (Å²) in [6.07, 6.45) is 0.0263. The molecule has 2 N–H and O–H groups in total. The molecule has 1 heterocycles. The van der Waals surface area contributed by atoms with Gasteiger partial charge in [0.25, 0.3) is 5.91 Å². The van der Waals surface area contributed by atoms with E-state index in [9.17, 15) is 27.4 Å². The predicted octanol–water partition coefficient (Wildman–Crippen LogP) is -0.366. The molecular formula is C15H18N2O7S2. The summed E-state index contributed by atoms with van der Waals surface area (Å²) < 4.78 is 36.7. The minimum absolute atomic E-state index is 0.0247. The van der Waals surface area contributed by atoms with Crippen molar-refractivity contribution >= 4 is 39.8 Å². The number of esters is 1. The molecule has 0 radical (unpaired) electrons. The SMILES string of the molecule is COC(=O)CSC[C@H]1[C@H](NC(=O)Cc2ccccc2)C(=O)N1S(=O)(=O)O. The van der Waals surface area contributed by atoms with Crippen molar-refractivity contribution < 1.29 is 32.1 Å². The maximum absolute atomic E-state index is 12.1. The summed E-state index contributed by atoms with van der Waals surface area (Å²) in [5, 5.41) is 2.48. The van der Waals surface area contributed by atoms with E-state index in [0.717, 1.165) is 17.3 Å². The van der Waals surface area contributed by atoms with Crippen LogP contribution in [0.15, 0.2) is 30.3 Å². The number of hydrogen-bond donors (Lipinski definition) is 2. The molecule has 0 bridgehead atoms. The number of nitrogens with zero attached hydrogens (tertiary/aromatic N) is 1. The predicted molar refractivity (Wildman–Crippen MR) is 93.6 cm³/mol. The Hall–Kier alpha value is -2.11. The number of benzene rings is 1. The first-order chi connectivity index (χ1) is 12.2. The topological polar surface area (TPSA) is 130 Å². The summed E-state index contributed by atoms with van der Waals surface area (Å²) in [7, 11) is -3.53. The second-order valence-corrected chi connectivity index (χ2v) is 7.80. The van der Waals surface area contributed by atoms with E-state index in [4.69, 9.17) is 0 Å². The third kappa shape index (κ3) is 4.96. The summed E-state index contributed by atoms with van der Waals surface area (Å²) in [4.78, 5) is 35.3. The number of amides is 2. The molecule has 0 aliphatic carbocycles. The van der Waals surface area contributed by atoms with Gasteiger partial charge in [0.1, 0.15) is 6.04 Å². The van der Waals surface area contributed by atoms with Gasteiger partial charge < -0.3 is 10.1 Å². The number of carbonyl (C=O) groups excluding carboxylic acids is 3. The van der Waals surface area contributed by atoms with Crippen molar-refractivity contribution in [2.45, 2.75) is 18.5 Å². The Kier molecular flexibility index (Phi) is 6.62. The van der Waals surface area contributed by atoms with Gasteiger partial charge in [0.05, 0.1) is 25.3 Å². The van der Waals surface area contributed by atoms with Gasteiger partial charge in [-0.05, 0) is 5.56 Å². The third-order valence-corrected chi connectivity index (χ3v) is 5.64. The van der Waals surface area contributed by atoms with Crippen LogP contribution in [-0.2, 0) is 35.8 Å². The molecule has 0 aromatic heterocycles. The Labute approximate surface area is 155 Å². The van der Waals surface area contributed by atoms with E-state index in [0.29, 0.717) is 4.31 Å². The molecule has 0 spiro atoms. The molecule has 2 rings (SSSR count). The van der Waals surface area contributed by atoms with Crippen molar-refractivity contribution in [3.63, 3.8) is 0 Å². The maximum atomic E-state index is 12.1. The van der Waals surface area contributed by atoms with Crippen molar-refractivity contribution in [2.24, 2.45) is 0 Å². The van der Waals surface area contributed by atoms with E-state index in [2.05, 4.69) is 10.1 Å². The van der Waals surface area contributed by atoms with E-state index in [1.165, 1.54) is 7.11 Å². The Balaban J connectivity index is 2.01. The summed E-state index contributed by atoms with van der Waals surface area (Å²) in [5.41, 5.74) is 0.736. The first-order valence-electron chi connectivity index (χ1n) is 7.52.